The minimum Gasteiger partial charge on any atom is -0.395 e. The second-order valence-corrected chi connectivity index (χ2v) is 6.25. The van der Waals surface area contributed by atoms with Gasteiger partial charge >= 0.3 is 0 Å². The Morgan fingerprint density at radius 1 is 1.43 bits per heavy atom. The van der Waals surface area contributed by atoms with Crippen LogP contribution in [0.3, 0.4) is 0 Å². The molecule has 2 atom stereocenters. The second kappa shape index (κ2) is 7.52. The number of aromatic amines is 1. The van der Waals surface area contributed by atoms with Crippen molar-refractivity contribution in [3.05, 3.63) is 36.0 Å². The highest BCUT2D eigenvalue weighted by molar-refractivity contribution is 7.99. The molecular weight excluding hydrogens is 284 g/mol. The van der Waals surface area contributed by atoms with Crippen LogP contribution in [0.15, 0.2) is 30.5 Å². The van der Waals surface area contributed by atoms with Crippen LogP contribution in [0.5, 0.6) is 0 Å². The standard InChI is InChI=1S/C16H22N2O2S/c1-11(15(10-19)21-2)18-16(20)8-7-12-9-17-14-6-4-3-5-13(12)14/h3-6,9,11,15,17,19H,7-8,10H2,1-2H3,(H,18,20). The highest BCUT2D eigenvalue weighted by Gasteiger charge is 2.17. The first-order valence-corrected chi connectivity index (χ1v) is 8.42. The number of thioether (sulfide) groups is 1. The Bertz CT molecular complexity index is 593. The molecule has 0 bridgehead atoms. The van der Waals surface area contributed by atoms with Crippen LogP contribution >= 0.6 is 11.8 Å². The summed E-state index contributed by atoms with van der Waals surface area (Å²) in [6.45, 7) is 2.01. The number of fused-ring (bicyclic) bond motifs is 1. The molecule has 0 saturated carbocycles. The van der Waals surface area contributed by atoms with Gasteiger partial charge in [-0.05, 0) is 31.2 Å². The van der Waals surface area contributed by atoms with Gasteiger partial charge in [0.1, 0.15) is 0 Å². The minimum atomic E-state index is -0.0273. The summed E-state index contributed by atoms with van der Waals surface area (Å²) in [7, 11) is 0. The maximum Gasteiger partial charge on any atom is 0.220 e. The van der Waals surface area contributed by atoms with E-state index in [1.165, 1.54) is 5.39 Å². The van der Waals surface area contributed by atoms with E-state index in [-0.39, 0.29) is 23.8 Å². The van der Waals surface area contributed by atoms with Crippen LogP contribution in [-0.4, -0.2) is 40.2 Å². The number of hydrogen-bond acceptors (Lipinski definition) is 3. The van der Waals surface area contributed by atoms with Crippen molar-refractivity contribution in [1.29, 1.82) is 0 Å². The molecule has 0 aliphatic heterocycles. The Labute approximate surface area is 129 Å². The minimum absolute atomic E-state index is 0.0273. The number of hydrogen-bond donors (Lipinski definition) is 3. The summed E-state index contributed by atoms with van der Waals surface area (Å²) in [6.07, 6.45) is 5.08. The van der Waals surface area contributed by atoms with Gasteiger partial charge in [0.15, 0.2) is 0 Å². The van der Waals surface area contributed by atoms with Crippen LogP contribution in [0, 0.1) is 0 Å². The van der Waals surface area contributed by atoms with Crippen molar-refractivity contribution in [1.82, 2.24) is 10.3 Å². The van der Waals surface area contributed by atoms with Crippen molar-refractivity contribution in [3.63, 3.8) is 0 Å². The van der Waals surface area contributed by atoms with Crippen molar-refractivity contribution < 1.29 is 9.90 Å². The fourth-order valence-electron chi connectivity index (χ4n) is 2.44. The lowest BCUT2D eigenvalue weighted by molar-refractivity contribution is -0.121. The average Bonchev–Trinajstić information content (AvgIpc) is 2.89. The molecule has 2 aromatic rings. The SMILES string of the molecule is CSC(CO)C(C)NC(=O)CCc1c[nH]c2ccccc12. The predicted octanol–water partition coefficient (Wildman–Crippen LogP) is 2.33. The summed E-state index contributed by atoms with van der Waals surface area (Å²) in [6, 6.07) is 8.07. The first-order chi connectivity index (χ1) is 10.2. The number of aliphatic hydroxyl groups is 1. The molecule has 2 unspecified atom stereocenters. The molecule has 4 nitrogen and oxygen atoms in total. The molecule has 5 heteroatoms. The Morgan fingerprint density at radius 2 is 2.19 bits per heavy atom. The van der Waals surface area contributed by atoms with Gasteiger partial charge in [-0.3, -0.25) is 4.79 Å². The van der Waals surface area contributed by atoms with E-state index < -0.39 is 0 Å². The smallest absolute Gasteiger partial charge is 0.220 e. The Balaban J connectivity index is 1.89. The van der Waals surface area contributed by atoms with Crippen molar-refractivity contribution in [2.24, 2.45) is 0 Å². The number of aliphatic hydroxyl groups excluding tert-OH is 1. The number of nitrogens with one attached hydrogen (secondary N) is 2. The van der Waals surface area contributed by atoms with Gasteiger partial charge in [-0.2, -0.15) is 11.8 Å². The van der Waals surface area contributed by atoms with Crippen LogP contribution in [0.1, 0.15) is 18.9 Å². The molecule has 0 aliphatic carbocycles. The third-order valence-electron chi connectivity index (χ3n) is 3.73. The molecule has 1 aromatic heterocycles. The molecular formula is C16H22N2O2S. The van der Waals surface area contributed by atoms with Crippen molar-refractivity contribution >= 4 is 28.6 Å². The largest absolute Gasteiger partial charge is 0.395 e. The molecule has 0 saturated heterocycles. The number of aryl methyl sites for hydroxylation is 1. The van der Waals surface area contributed by atoms with E-state index in [9.17, 15) is 9.90 Å². The molecule has 0 aliphatic rings. The maximum absolute atomic E-state index is 12.0. The molecule has 21 heavy (non-hydrogen) atoms. The fraction of sp³-hybridized carbons (Fsp3) is 0.438. The van der Waals surface area contributed by atoms with E-state index in [2.05, 4.69) is 16.4 Å². The lowest BCUT2D eigenvalue weighted by atomic mass is 10.1. The van der Waals surface area contributed by atoms with Gasteiger partial charge in [0.25, 0.3) is 0 Å². The molecule has 1 amide bonds. The highest BCUT2D eigenvalue weighted by atomic mass is 32.2. The van der Waals surface area contributed by atoms with Crippen LogP contribution in [-0.2, 0) is 11.2 Å². The molecule has 1 aromatic carbocycles. The number of carbonyl (C=O) groups is 1. The third-order valence-corrected chi connectivity index (χ3v) is 4.89. The summed E-state index contributed by atoms with van der Waals surface area (Å²) in [5, 5.41) is 13.4. The van der Waals surface area contributed by atoms with Gasteiger partial charge in [0, 0.05) is 34.8 Å². The molecule has 3 N–H and O–H groups in total. The maximum atomic E-state index is 12.0. The van der Waals surface area contributed by atoms with E-state index >= 15 is 0 Å². The topological polar surface area (TPSA) is 65.1 Å². The number of amides is 1. The van der Waals surface area contributed by atoms with Crippen LogP contribution in [0.4, 0.5) is 0 Å². The highest BCUT2D eigenvalue weighted by Crippen LogP contribution is 2.19. The third kappa shape index (κ3) is 4.02. The zero-order chi connectivity index (χ0) is 15.2. The number of carbonyl (C=O) groups excluding carboxylic acids is 1. The zero-order valence-electron chi connectivity index (χ0n) is 12.4. The average molecular weight is 306 g/mol. The summed E-state index contributed by atoms with van der Waals surface area (Å²) in [4.78, 5) is 15.2. The number of H-pyrrole nitrogens is 1. The molecule has 2 rings (SSSR count). The van der Waals surface area contributed by atoms with Gasteiger partial charge < -0.3 is 15.4 Å². The van der Waals surface area contributed by atoms with Crippen molar-refractivity contribution in [2.45, 2.75) is 31.1 Å². The van der Waals surface area contributed by atoms with Crippen LogP contribution in [0.25, 0.3) is 10.9 Å². The fourth-order valence-corrected chi connectivity index (χ4v) is 3.07. The molecule has 0 spiro atoms. The Kier molecular flexibility index (Phi) is 5.70. The Morgan fingerprint density at radius 3 is 2.90 bits per heavy atom. The van der Waals surface area contributed by atoms with Crippen LogP contribution < -0.4 is 5.32 Å². The van der Waals surface area contributed by atoms with Crippen LogP contribution in [0.2, 0.25) is 0 Å². The summed E-state index contributed by atoms with van der Waals surface area (Å²) in [5.41, 5.74) is 2.26. The number of para-hydroxylation sites is 1. The van der Waals surface area contributed by atoms with E-state index in [0.29, 0.717) is 12.8 Å². The number of rotatable bonds is 7. The van der Waals surface area contributed by atoms with Gasteiger partial charge in [-0.1, -0.05) is 18.2 Å². The molecule has 0 fully saturated rings. The van der Waals surface area contributed by atoms with Gasteiger partial charge in [0.2, 0.25) is 5.91 Å². The lowest BCUT2D eigenvalue weighted by Gasteiger charge is -2.21. The van der Waals surface area contributed by atoms with E-state index in [1.807, 2.05) is 37.6 Å². The summed E-state index contributed by atoms with van der Waals surface area (Å²) >= 11 is 1.57. The van der Waals surface area contributed by atoms with E-state index in [1.54, 1.807) is 11.8 Å². The second-order valence-electron chi connectivity index (χ2n) is 5.17. The quantitative estimate of drug-likeness (QED) is 0.735. The number of benzene rings is 1. The van der Waals surface area contributed by atoms with Gasteiger partial charge in [-0.15, -0.1) is 0 Å². The van der Waals surface area contributed by atoms with E-state index in [4.69, 9.17) is 0 Å². The van der Waals surface area contributed by atoms with Gasteiger partial charge in [0.05, 0.1) is 6.61 Å². The predicted molar refractivity (Wildman–Crippen MR) is 88.6 cm³/mol. The normalized spacial score (nSPS) is 14.0. The molecule has 114 valence electrons. The monoisotopic (exact) mass is 306 g/mol. The van der Waals surface area contributed by atoms with Gasteiger partial charge in [-0.25, -0.2) is 0 Å². The summed E-state index contributed by atoms with van der Waals surface area (Å²) < 4.78 is 0. The van der Waals surface area contributed by atoms with Crippen molar-refractivity contribution in [3.8, 4) is 0 Å². The molecule has 1 heterocycles. The Hall–Kier alpha value is -1.46. The summed E-state index contributed by atoms with van der Waals surface area (Å²) in [5.74, 6) is 0.0280. The first-order valence-electron chi connectivity index (χ1n) is 7.13. The number of aromatic nitrogens is 1. The lowest BCUT2D eigenvalue weighted by Crippen LogP contribution is -2.41. The van der Waals surface area contributed by atoms with Crippen molar-refractivity contribution in [2.75, 3.05) is 12.9 Å². The van der Waals surface area contributed by atoms with E-state index in [0.717, 1.165) is 11.1 Å². The first kappa shape index (κ1) is 15.9. The zero-order valence-corrected chi connectivity index (χ0v) is 13.2. The molecule has 0 radical (unpaired) electrons.